The van der Waals surface area contributed by atoms with E-state index in [0.717, 1.165) is 12.8 Å². The predicted molar refractivity (Wildman–Crippen MR) is 63.4 cm³/mol. The number of amides is 2. The summed E-state index contributed by atoms with van der Waals surface area (Å²) in [5.74, 6) is 2.20. The number of hydrogen-bond donors (Lipinski definition) is 2. The highest BCUT2D eigenvalue weighted by Crippen LogP contribution is 2.29. The zero-order valence-corrected chi connectivity index (χ0v) is 9.82. The van der Waals surface area contributed by atoms with Gasteiger partial charge in [0.1, 0.15) is 0 Å². The van der Waals surface area contributed by atoms with Gasteiger partial charge < -0.3 is 15.3 Å². The molecule has 0 aromatic rings. The summed E-state index contributed by atoms with van der Waals surface area (Å²) in [6, 6.07) is -0.194. The fourth-order valence-corrected chi connectivity index (χ4v) is 1.49. The molecule has 0 aromatic carbocycles. The van der Waals surface area contributed by atoms with Crippen LogP contribution < -0.4 is 5.32 Å². The van der Waals surface area contributed by atoms with E-state index >= 15 is 0 Å². The molecule has 1 fully saturated rings. The Morgan fingerprint density at radius 3 is 2.71 bits per heavy atom. The van der Waals surface area contributed by atoms with E-state index in [9.17, 15) is 9.59 Å². The number of carbonyl (C=O) groups is 2. The van der Waals surface area contributed by atoms with Crippen molar-refractivity contribution in [1.82, 2.24) is 10.2 Å². The molecule has 1 aliphatic rings. The molecule has 0 bridgehead atoms. The number of hydrogen-bond acceptors (Lipinski definition) is 2. The molecule has 17 heavy (non-hydrogen) atoms. The first-order valence-electron chi connectivity index (χ1n) is 5.81. The second kappa shape index (κ2) is 6.79. The van der Waals surface area contributed by atoms with Gasteiger partial charge >= 0.3 is 12.0 Å². The summed E-state index contributed by atoms with van der Waals surface area (Å²) < 4.78 is 0. The van der Waals surface area contributed by atoms with Crippen LogP contribution in [0, 0.1) is 18.3 Å². The number of carboxylic acid groups (broad SMARTS) is 1. The zero-order chi connectivity index (χ0) is 12.7. The Kier molecular flexibility index (Phi) is 5.34. The van der Waals surface area contributed by atoms with Crippen LogP contribution in [0.1, 0.15) is 25.7 Å². The van der Waals surface area contributed by atoms with E-state index in [2.05, 4.69) is 11.2 Å². The van der Waals surface area contributed by atoms with Gasteiger partial charge in [0.25, 0.3) is 0 Å². The zero-order valence-electron chi connectivity index (χ0n) is 9.82. The lowest BCUT2D eigenvalue weighted by Crippen LogP contribution is -2.41. The maximum Gasteiger partial charge on any atom is 0.318 e. The Morgan fingerprint density at radius 2 is 2.18 bits per heavy atom. The van der Waals surface area contributed by atoms with Crippen LogP contribution in [-0.4, -0.2) is 41.6 Å². The van der Waals surface area contributed by atoms with E-state index < -0.39 is 5.97 Å². The third-order valence-corrected chi connectivity index (χ3v) is 2.59. The van der Waals surface area contributed by atoms with Crippen LogP contribution in [0.5, 0.6) is 0 Å². The summed E-state index contributed by atoms with van der Waals surface area (Å²) in [6.45, 7) is 1.38. The minimum atomic E-state index is -0.849. The van der Waals surface area contributed by atoms with Crippen molar-refractivity contribution in [3.8, 4) is 12.3 Å². The average molecular weight is 238 g/mol. The third-order valence-electron chi connectivity index (χ3n) is 2.59. The van der Waals surface area contributed by atoms with Gasteiger partial charge in [0.15, 0.2) is 0 Å². The summed E-state index contributed by atoms with van der Waals surface area (Å²) in [4.78, 5) is 23.6. The summed E-state index contributed by atoms with van der Waals surface area (Å²) in [7, 11) is 0. The minimum Gasteiger partial charge on any atom is -0.481 e. The molecular formula is C12H18N2O3. The quantitative estimate of drug-likeness (QED) is 0.511. The number of aliphatic carboxylic acids is 1. The molecule has 0 aliphatic heterocycles. The Morgan fingerprint density at radius 1 is 1.47 bits per heavy atom. The highest BCUT2D eigenvalue weighted by Gasteiger charge is 2.26. The number of urea groups is 1. The van der Waals surface area contributed by atoms with Gasteiger partial charge in [-0.15, -0.1) is 6.42 Å². The van der Waals surface area contributed by atoms with Crippen molar-refractivity contribution in [1.29, 1.82) is 0 Å². The highest BCUT2D eigenvalue weighted by atomic mass is 16.4. The van der Waals surface area contributed by atoms with Gasteiger partial charge in [0, 0.05) is 19.5 Å². The first-order chi connectivity index (χ1) is 8.13. The molecule has 1 rings (SSSR count). The van der Waals surface area contributed by atoms with Crippen LogP contribution in [0.4, 0.5) is 4.79 Å². The molecule has 2 amide bonds. The number of terminal acetylenes is 1. The van der Waals surface area contributed by atoms with Gasteiger partial charge in [-0.05, 0) is 25.2 Å². The van der Waals surface area contributed by atoms with Crippen molar-refractivity contribution in [2.45, 2.75) is 25.7 Å². The lowest BCUT2D eigenvalue weighted by atomic mass is 10.3. The van der Waals surface area contributed by atoms with E-state index in [4.69, 9.17) is 11.5 Å². The summed E-state index contributed by atoms with van der Waals surface area (Å²) >= 11 is 0. The first kappa shape index (κ1) is 13.4. The monoisotopic (exact) mass is 238 g/mol. The van der Waals surface area contributed by atoms with Gasteiger partial charge in [-0.3, -0.25) is 4.79 Å². The Hall–Kier alpha value is -1.70. The Bertz CT molecular complexity index is 318. The number of nitrogens with zero attached hydrogens (tertiary/aromatic N) is 1. The molecule has 0 spiro atoms. The summed E-state index contributed by atoms with van der Waals surface area (Å²) in [6.07, 6.45) is 8.04. The Labute approximate surface area is 101 Å². The van der Waals surface area contributed by atoms with Crippen molar-refractivity contribution in [3.05, 3.63) is 0 Å². The number of carbonyl (C=O) groups excluding carboxylic acids is 1. The van der Waals surface area contributed by atoms with E-state index in [1.165, 1.54) is 0 Å². The van der Waals surface area contributed by atoms with Crippen molar-refractivity contribution in [2.75, 3.05) is 19.6 Å². The van der Waals surface area contributed by atoms with Crippen molar-refractivity contribution < 1.29 is 14.7 Å². The van der Waals surface area contributed by atoms with E-state index in [-0.39, 0.29) is 12.5 Å². The second-order valence-corrected chi connectivity index (χ2v) is 4.26. The Balaban J connectivity index is 2.21. The molecular weight excluding hydrogens is 220 g/mol. The molecule has 5 nitrogen and oxygen atoms in total. The predicted octanol–water partition coefficient (Wildman–Crippen LogP) is 0.906. The maximum absolute atomic E-state index is 11.7. The van der Waals surface area contributed by atoms with Crippen molar-refractivity contribution in [3.63, 3.8) is 0 Å². The smallest absolute Gasteiger partial charge is 0.318 e. The molecule has 2 N–H and O–H groups in total. The van der Waals surface area contributed by atoms with Crippen molar-refractivity contribution >= 4 is 12.0 Å². The normalized spacial score (nSPS) is 13.8. The molecule has 0 aromatic heterocycles. The van der Waals surface area contributed by atoms with Crippen LogP contribution in [0.25, 0.3) is 0 Å². The molecule has 94 valence electrons. The molecule has 0 saturated heterocycles. The van der Waals surface area contributed by atoms with Gasteiger partial charge in [0.2, 0.25) is 0 Å². The largest absolute Gasteiger partial charge is 0.481 e. The van der Waals surface area contributed by atoms with Crippen LogP contribution in [0.2, 0.25) is 0 Å². The highest BCUT2D eigenvalue weighted by molar-refractivity contribution is 5.74. The second-order valence-electron chi connectivity index (χ2n) is 4.26. The van der Waals surface area contributed by atoms with Crippen LogP contribution >= 0.6 is 0 Å². The van der Waals surface area contributed by atoms with E-state index in [0.29, 0.717) is 32.0 Å². The van der Waals surface area contributed by atoms with Crippen LogP contribution in [0.15, 0.2) is 0 Å². The fourth-order valence-electron chi connectivity index (χ4n) is 1.49. The SMILES string of the molecule is C#CCN(CC1CC1)C(=O)NCCCC(=O)O. The molecule has 1 aliphatic carbocycles. The third kappa shape index (κ3) is 5.81. The van der Waals surface area contributed by atoms with Crippen LogP contribution in [0.3, 0.4) is 0 Å². The summed E-state index contributed by atoms with van der Waals surface area (Å²) in [5, 5.41) is 11.1. The fraction of sp³-hybridized carbons (Fsp3) is 0.667. The number of rotatable bonds is 7. The lowest BCUT2D eigenvalue weighted by molar-refractivity contribution is -0.137. The average Bonchev–Trinajstić information content (AvgIpc) is 3.07. The molecule has 0 atom stereocenters. The molecule has 1 saturated carbocycles. The number of nitrogens with one attached hydrogen (secondary N) is 1. The molecule has 5 heteroatoms. The van der Waals surface area contributed by atoms with Crippen molar-refractivity contribution in [2.24, 2.45) is 5.92 Å². The maximum atomic E-state index is 11.7. The molecule has 0 unspecified atom stereocenters. The molecule has 0 heterocycles. The topological polar surface area (TPSA) is 69.6 Å². The summed E-state index contributed by atoms with van der Waals surface area (Å²) in [5.41, 5.74) is 0. The van der Waals surface area contributed by atoms with E-state index in [1.54, 1.807) is 4.90 Å². The van der Waals surface area contributed by atoms with Crippen LogP contribution in [-0.2, 0) is 4.79 Å². The van der Waals surface area contributed by atoms with Gasteiger partial charge in [-0.2, -0.15) is 0 Å². The molecule has 0 radical (unpaired) electrons. The standard InChI is InChI=1S/C12H18N2O3/c1-2-8-14(9-10-5-6-10)12(17)13-7-3-4-11(15)16/h1,10H,3-9H2,(H,13,17)(H,15,16). The number of carboxylic acids is 1. The van der Waals surface area contributed by atoms with E-state index in [1.807, 2.05) is 0 Å². The van der Waals surface area contributed by atoms with Gasteiger partial charge in [-0.25, -0.2) is 4.79 Å². The first-order valence-corrected chi connectivity index (χ1v) is 5.81. The van der Waals surface area contributed by atoms with Gasteiger partial charge in [-0.1, -0.05) is 5.92 Å². The lowest BCUT2D eigenvalue weighted by Gasteiger charge is -2.20. The van der Waals surface area contributed by atoms with Gasteiger partial charge in [0.05, 0.1) is 6.54 Å². The minimum absolute atomic E-state index is 0.0675.